The van der Waals surface area contributed by atoms with Crippen LogP contribution in [0.3, 0.4) is 0 Å². The Labute approximate surface area is 207 Å². The lowest BCUT2D eigenvalue weighted by Gasteiger charge is -2.26. The number of aryl methyl sites for hydroxylation is 2. The van der Waals surface area contributed by atoms with Gasteiger partial charge >= 0.3 is 5.97 Å². The van der Waals surface area contributed by atoms with Crippen LogP contribution in [0.15, 0.2) is 24.4 Å². The molecule has 2 aliphatic heterocycles. The van der Waals surface area contributed by atoms with Gasteiger partial charge < -0.3 is 15.2 Å². The van der Waals surface area contributed by atoms with E-state index in [0.29, 0.717) is 32.4 Å². The fourth-order valence-electron chi connectivity index (χ4n) is 5.48. The Balaban J connectivity index is 1.29. The number of hydrogen-bond donors (Lipinski definition) is 2. The van der Waals surface area contributed by atoms with E-state index >= 15 is 4.39 Å². The van der Waals surface area contributed by atoms with Gasteiger partial charge in [0, 0.05) is 53.8 Å². The maximum Gasteiger partial charge on any atom is 0.325 e. The second kappa shape index (κ2) is 11.8. The van der Waals surface area contributed by atoms with Crippen LogP contribution in [-0.2, 0) is 24.1 Å². The van der Waals surface area contributed by atoms with Crippen LogP contribution in [0.1, 0.15) is 67.6 Å². The highest BCUT2D eigenvalue weighted by molar-refractivity contribution is 5.76. The molecule has 0 radical (unpaired) electrons. The number of ether oxygens (including phenoxy) is 1. The number of alkyl halides is 1. The number of hydrogen-bond acceptors (Lipinski definition) is 6. The molecule has 0 saturated carbocycles. The fraction of sp³-hybridized carbons (Fsp3) is 0.593. The van der Waals surface area contributed by atoms with E-state index in [1.807, 2.05) is 24.0 Å². The number of aliphatic carboxylic acids is 1. The number of carbonyl (C=O) groups is 1. The lowest BCUT2D eigenvalue weighted by molar-refractivity contribution is -0.143. The maximum absolute atomic E-state index is 15.1. The van der Waals surface area contributed by atoms with Crippen LogP contribution in [0.25, 0.3) is 0 Å². The highest BCUT2D eigenvalue weighted by Crippen LogP contribution is 2.34. The molecule has 1 fully saturated rings. The minimum atomic E-state index is -0.929. The normalized spacial score (nSPS) is 19.6. The molecule has 2 N–H and O–H groups in total. The van der Waals surface area contributed by atoms with Gasteiger partial charge in [0.15, 0.2) is 0 Å². The van der Waals surface area contributed by atoms with E-state index < -0.39 is 18.2 Å². The van der Waals surface area contributed by atoms with Crippen LogP contribution in [0.2, 0.25) is 0 Å². The smallest absolute Gasteiger partial charge is 0.325 e. The largest absolute Gasteiger partial charge is 0.496 e. The molecule has 0 amide bonds. The van der Waals surface area contributed by atoms with E-state index in [4.69, 9.17) is 9.72 Å². The van der Waals surface area contributed by atoms with Crippen molar-refractivity contribution in [3.05, 3.63) is 46.9 Å². The van der Waals surface area contributed by atoms with Crippen LogP contribution in [-0.4, -0.2) is 58.9 Å². The molecule has 35 heavy (non-hydrogen) atoms. The molecule has 7 nitrogen and oxygen atoms in total. The summed E-state index contributed by atoms with van der Waals surface area (Å²) in [5, 5.41) is 13.3. The van der Waals surface area contributed by atoms with Gasteiger partial charge in [-0.05, 0) is 57.6 Å². The van der Waals surface area contributed by atoms with Crippen LogP contribution in [0.4, 0.5) is 10.2 Å². The number of carboxylic acid groups (broad SMARTS) is 1. The molecule has 0 unspecified atom stereocenters. The molecule has 190 valence electrons. The third-order valence-electron chi connectivity index (χ3n) is 7.34. The van der Waals surface area contributed by atoms with E-state index in [0.717, 1.165) is 72.7 Å². The van der Waals surface area contributed by atoms with E-state index in [1.54, 1.807) is 19.4 Å². The molecular formula is C27H37FN4O3. The van der Waals surface area contributed by atoms with Gasteiger partial charge in [-0.3, -0.25) is 14.7 Å². The molecule has 0 spiro atoms. The maximum atomic E-state index is 15.1. The SMILES string of the molecule is CCc1ncccc1[C@H](C(=O)O)N1CC[C@@H]([C@H](F)CCCCc2cc(OC)c3c(n2)NCCC3)C1. The van der Waals surface area contributed by atoms with E-state index in [9.17, 15) is 9.90 Å². The minimum Gasteiger partial charge on any atom is -0.496 e. The standard InChI is InChI=1S/C27H37FN4O3/c1-3-23-20(9-6-13-29-23)25(27(33)34)32-15-12-18(17-32)22(28)11-5-4-8-19-16-24(35-2)21-10-7-14-30-26(21)31-19/h6,9,13,16,18,22,25H,3-5,7-8,10-12,14-15,17H2,1-2H3,(H,30,31)(H,33,34)/t18-,22-,25-/m1/s1. The summed E-state index contributed by atoms with van der Waals surface area (Å²) in [4.78, 5) is 23.1. The number of carboxylic acids is 1. The highest BCUT2D eigenvalue weighted by Gasteiger charge is 2.37. The van der Waals surface area contributed by atoms with Gasteiger partial charge in [-0.2, -0.15) is 0 Å². The third kappa shape index (κ3) is 5.92. The van der Waals surface area contributed by atoms with Crippen molar-refractivity contribution in [1.29, 1.82) is 0 Å². The number of halogens is 1. The Bertz CT molecular complexity index is 1000. The number of likely N-dealkylation sites (tertiary alicyclic amines) is 1. The number of methoxy groups -OCH3 is 1. The first kappa shape index (κ1) is 25.4. The Morgan fingerprint density at radius 3 is 3.03 bits per heavy atom. The lowest BCUT2D eigenvalue weighted by Crippen LogP contribution is -2.34. The molecule has 2 aliphatic rings. The molecule has 2 aromatic rings. The van der Waals surface area contributed by atoms with Crippen molar-refractivity contribution in [2.45, 2.75) is 70.5 Å². The van der Waals surface area contributed by atoms with Crippen LogP contribution in [0, 0.1) is 5.92 Å². The Kier molecular flexibility index (Phi) is 8.55. The summed E-state index contributed by atoms with van der Waals surface area (Å²) in [5.74, 6) is 0.781. The number of unbranched alkanes of at least 4 members (excludes halogenated alkanes) is 1. The zero-order chi connectivity index (χ0) is 24.8. The first-order valence-corrected chi connectivity index (χ1v) is 12.9. The van der Waals surface area contributed by atoms with Crippen molar-refractivity contribution in [3.63, 3.8) is 0 Å². The molecule has 4 rings (SSSR count). The van der Waals surface area contributed by atoms with Crippen LogP contribution in [0.5, 0.6) is 5.75 Å². The summed E-state index contributed by atoms with van der Waals surface area (Å²) in [5.41, 5.74) is 3.64. The van der Waals surface area contributed by atoms with Crippen LogP contribution >= 0.6 is 0 Å². The van der Waals surface area contributed by atoms with Gasteiger partial charge in [0.05, 0.1) is 7.11 Å². The number of anilines is 1. The molecule has 1 saturated heterocycles. The first-order valence-electron chi connectivity index (χ1n) is 12.9. The molecule has 0 aromatic carbocycles. The van der Waals surface area contributed by atoms with Crippen molar-refractivity contribution >= 4 is 11.8 Å². The Morgan fingerprint density at radius 1 is 1.40 bits per heavy atom. The fourth-order valence-corrected chi connectivity index (χ4v) is 5.48. The zero-order valence-corrected chi connectivity index (χ0v) is 20.8. The molecule has 4 heterocycles. The highest BCUT2D eigenvalue weighted by atomic mass is 19.1. The topological polar surface area (TPSA) is 87.6 Å². The van der Waals surface area contributed by atoms with Crippen molar-refractivity contribution < 1.29 is 19.0 Å². The second-order valence-corrected chi connectivity index (χ2v) is 9.61. The molecule has 8 heteroatoms. The third-order valence-corrected chi connectivity index (χ3v) is 7.34. The van der Waals surface area contributed by atoms with Gasteiger partial charge in [0.1, 0.15) is 23.8 Å². The summed E-state index contributed by atoms with van der Waals surface area (Å²) in [6.45, 7) is 3.95. The number of rotatable bonds is 11. The number of aromatic nitrogens is 2. The van der Waals surface area contributed by atoms with Gasteiger partial charge in [-0.25, -0.2) is 9.37 Å². The summed E-state index contributed by atoms with van der Waals surface area (Å²) in [7, 11) is 1.69. The quantitative estimate of drug-likeness (QED) is 0.451. The number of fused-ring (bicyclic) bond motifs is 1. The van der Waals surface area contributed by atoms with Gasteiger partial charge in [-0.1, -0.05) is 19.4 Å². The lowest BCUT2D eigenvalue weighted by atomic mass is 9.97. The molecular weight excluding hydrogens is 447 g/mol. The predicted octanol–water partition coefficient (Wildman–Crippen LogP) is 4.60. The number of pyridine rings is 2. The van der Waals surface area contributed by atoms with Crippen molar-refractivity contribution in [2.75, 3.05) is 32.1 Å². The average molecular weight is 485 g/mol. The van der Waals surface area contributed by atoms with E-state index in [1.165, 1.54) is 0 Å². The minimum absolute atomic E-state index is 0.134. The number of nitrogens with one attached hydrogen (secondary N) is 1. The summed E-state index contributed by atoms with van der Waals surface area (Å²) >= 11 is 0. The predicted molar refractivity (Wildman–Crippen MR) is 134 cm³/mol. The Hall–Kier alpha value is -2.74. The average Bonchev–Trinajstić information content (AvgIpc) is 3.36. The van der Waals surface area contributed by atoms with Crippen molar-refractivity contribution in [3.8, 4) is 5.75 Å². The molecule has 0 bridgehead atoms. The molecule has 2 aromatic heterocycles. The van der Waals surface area contributed by atoms with Gasteiger partial charge in [-0.15, -0.1) is 0 Å². The summed E-state index contributed by atoms with van der Waals surface area (Å²) < 4.78 is 20.7. The molecule has 3 atom stereocenters. The monoisotopic (exact) mass is 484 g/mol. The van der Waals surface area contributed by atoms with Crippen molar-refractivity contribution in [2.24, 2.45) is 5.92 Å². The first-order chi connectivity index (χ1) is 17.0. The number of nitrogens with zero attached hydrogens (tertiary/aromatic N) is 3. The summed E-state index contributed by atoms with van der Waals surface area (Å²) in [6, 6.07) is 4.86. The van der Waals surface area contributed by atoms with Gasteiger partial charge in [0.25, 0.3) is 0 Å². The van der Waals surface area contributed by atoms with E-state index in [-0.39, 0.29) is 5.92 Å². The Morgan fingerprint density at radius 2 is 2.26 bits per heavy atom. The van der Waals surface area contributed by atoms with Gasteiger partial charge in [0.2, 0.25) is 0 Å². The van der Waals surface area contributed by atoms with Crippen LogP contribution < -0.4 is 10.1 Å². The zero-order valence-electron chi connectivity index (χ0n) is 20.8. The van der Waals surface area contributed by atoms with Crippen molar-refractivity contribution in [1.82, 2.24) is 14.9 Å². The summed E-state index contributed by atoms with van der Waals surface area (Å²) in [6.07, 6.45) is 7.09. The van der Waals surface area contributed by atoms with E-state index in [2.05, 4.69) is 10.3 Å². The molecule has 0 aliphatic carbocycles. The second-order valence-electron chi connectivity index (χ2n) is 9.61.